The zero-order chi connectivity index (χ0) is 21.8. The zero-order valence-corrected chi connectivity index (χ0v) is 18.7. The Hall–Kier alpha value is -2.66. The van der Waals surface area contributed by atoms with Crippen LogP contribution in [0, 0.1) is 0 Å². The van der Waals surface area contributed by atoms with Crippen molar-refractivity contribution < 1.29 is 9.59 Å². The monoisotopic (exact) mass is 419 g/mol. The smallest absolute Gasteiger partial charge is 0.234 e. The third-order valence-electron chi connectivity index (χ3n) is 6.63. The summed E-state index contributed by atoms with van der Waals surface area (Å²) in [6.45, 7) is 7.58. The Morgan fingerprint density at radius 2 is 1.61 bits per heavy atom. The second-order valence-corrected chi connectivity index (χ2v) is 8.89. The Morgan fingerprint density at radius 1 is 0.935 bits per heavy atom. The molecule has 1 N–H and O–H groups in total. The summed E-state index contributed by atoms with van der Waals surface area (Å²) in [5.74, 6) is 0.177. The van der Waals surface area contributed by atoms with Crippen LogP contribution in [0.3, 0.4) is 0 Å². The molecule has 4 rings (SSSR count). The van der Waals surface area contributed by atoms with E-state index in [4.69, 9.17) is 0 Å². The summed E-state index contributed by atoms with van der Waals surface area (Å²) < 4.78 is 0. The lowest BCUT2D eigenvalue weighted by molar-refractivity contribution is -0.123. The third-order valence-corrected chi connectivity index (χ3v) is 6.63. The number of hydrogen-bond acceptors (Lipinski definition) is 4. The largest absolute Gasteiger partial charge is 0.369 e. The molecule has 2 aromatic rings. The molecule has 1 saturated heterocycles. The molecule has 0 spiro atoms. The number of carbonyl (C=O) groups is 2. The second-order valence-electron chi connectivity index (χ2n) is 8.89. The lowest BCUT2D eigenvalue weighted by Crippen LogP contribution is -2.49. The first-order valence-corrected chi connectivity index (χ1v) is 11.5. The minimum absolute atomic E-state index is 0.0285. The summed E-state index contributed by atoms with van der Waals surface area (Å²) in [6.07, 6.45) is 4.90. The van der Waals surface area contributed by atoms with Gasteiger partial charge in [0.05, 0.1) is 12.6 Å². The lowest BCUT2D eigenvalue weighted by Gasteiger charge is -2.36. The summed E-state index contributed by atoms with van der Waals surface area (Å²) in [6, 6.07) is 14.5. The van der Waals surface area contributed by atoms with Gasteiger partial charge in [-0.2, -0.15) is 0 Å². The molecule has 0 saturated carbocycles. The van der Waals surface area contributed by atoms with Crippen LogP contribution < -0.4 is 10.2 Å². The van der Waals surface area contributed by atoms with E-state index in [0.29, 0.717) is 6.54 Å². The number of nitrogens with zero attached hydrogens (tertiary/aromatic N) is 2. The number of hydrogen-bond donors (Lipinski definition) is 1. The average molecular weight is 420 g/mol. The fourth-order valence-corrected chi connectivity index (χ4v) is 4.67. The molecular weight excluding hydrogens is 386 g/mol. The topological polar surface area (TPSA) is 52.7 Å². The number of amides is 1. The van der Waals surface area contributed by atoms with Gasteiger partial charge in [0.2, 0.25) is 5.91 Å². The number of benzene rings is 2. The minimum Gasteiger partial charge on any atom is -0.369 e. The number of Topliss-reactive ketones (excluding diaryl/α,β-unsaturated/α-hetero) is 1. The Balaban J connectivity index is 1.25. The van der Waals surface area contributed by atoms with E-state index in [-0.39, 0.29) is 17.7 Å². The molecule has 0 unspecified atom stereocenters. The SMILES string of the molecule is CC(=O)c1ccc(N2CCN(CC(=O)N[C@H](C)c3ccc4c(c3)CCCC4)CC2)cc1. The van der Waals surface area contributed by atoms with Crippen LogP contribution in [-0.2, 0) is 17.6 Å². The Labute approximate surface area is 185 Å². The van der Waals surface area contributed by atoms with Crippen LogP contribution in [0.25, 0.3) is 0 Å². The number of piperazine rings is 1. The van der Waals surface area contributed by atoms with Crippen molar-refractivity contribution >= 4 is 17.4 Å². The predicted octanol–water partition coefficient (Wildman–Crippen LogP) is 3.77. The normalized spacial score (nSPS) is 17.7. The second kappa shape index (κ2) is 9.65. The van der Waals surface area contributed by atoms with Crippen molar-refractivity contribution in [1.82, 2.24) is 10.2 Å². The molecule has 1 aliphatic carbocycles. The molecule has 1 amide bonds. The first-order chi connectivity index (χ1) is 15.0. The van der Waals surface area contributed by atoms with E-state index in [1.807, 2.05) is 24.3 Å². The Bertz CT molecular complexity index is 930. The summed E-state index contributed by atoms with van der Waals surface area (Å²) in [5, 5.41) is 3.18. The van der Waals surface area contributed by atoms with E-state index in [9.17, 15) is 9.59 Å². The highest BCUT2D eigenvalue weighted by Crippen LogP contribution is 2.25. The van der Waals surface area contributed by atoms with Crippen LogP contribution in [0.4, 0.5) is 5.69 Å². The molecular formula is C26H33N3O2. The molecule has 0 radical (unpaired) electrons. The van der Waals surface area contributed by atoms with Gasteiger partial charge in [-0.05, 0) is 80.5 Å². The number of fused-ring (bicyclic) bond motifs is 1. The van der Waals surface area contributed by atoms with Crippen LogP contribution in [0.2, 0.25) is 0 Å². The molecule has 0 aromatic heterocycles. The molecule has 5 heteroatoms. The number of ketones is 1. The number of rotatable bonds is 6. The summed E-state index contributed by atoms with van der Waals surface area (Å²) in [4.78, 5) is 28.6. The van der Waals surface area contributed by atoms with E-state index in [2.05, 4.69) is 40.2 Å². The minimum atomic E-state index is 0.0285. The molecule has 0 bridgehead atoms. The number of aryl methyl sites for hydroxylation is 2. The molecule has 1 heterocycles. The average Bonchev–Trinajstić information content (AvgIpc) is 2.79. The van der Waals surface area contributed by atoms with Gasteiger partial charge in [-0.1, -0.05) is 18.2 Å². The number of nitrogens with one attached hydrogen (secondary N) is 1. The van der Waals surface area contributed by atoms with Gasteiger partial charge < -0.3 is 10.2 Å². The summed E-state index contributed by atoms with van der Waals surface area (Å²) in [7, 11) is 0. The summed E-state index contributed by atoms with van der Waals surface area (Å²) in [5.41, 5.74) is 6.01. The molecule has 31 heavy (non-hydrogen) atoms. The highest BCUT2D eigenvalue weighted by molar-refractivity contribution is 5.94. The van der Waals surface area contributed by atoms with Crippen molar-refractivity contribution in [3.8, 4) is 0 Å². The van der Waals surface area contributed by atoms with Crippen molar-refractivity contribution in [2.24, 2.45) is 0 Å². The van der Waals surface area contributed by atoms with Gasteiger partial charge in [0.1, 0.15) is 0 Å². The van der Waals surface area contributed by atoms with Gasteiger partial charge in [0, 0.05) is 37.4 Å². The van der Waals surface area contributed by atoms with E-state index in [1.54, 1.807) is 6.92 Å². The number of anilines is 1. The maximum absolute atomic E-state index is 12.6. The predicted molar refractivity (Wildman–Crippen MR) is 125 cm³/mol. The highest BCUT2D eigenvalue weighted by Gasteiger charge is 2.21. The first-order valence-electron chi connectivity index (χ1n) is 11.5. The van der Waals surface area contributed by atoms with E-state index in [1.165, 1.54) is 36.0 Å². The molecule has 5 nitrogen and oxygen atoms in total. The molecule has 2 aliphatic rings. The maximum Gasteiger partial charge on any atom is 0.234 e. The van der Waals surface area contributed by atoms with Crippen LogP contribution in [0.1, 0.15) is 59.8 Å². The van der Waals surface area contributed by atoms with Crippen LogP contribution in [0.5, 0.6) is 0 Å². The van der Waals surface area contributed by atoms with Crippen LogP contribution in [0.15, 0.2) is 42.5 Å². The Kier molecular flexibility index (Phi) is 6.71. The van der Waals surface area contributed by atoms with Crippen molar-refractivity contribution in [2.45, 2.75) is 45.6 Å². The third kappa shape index (κ3) is 5.34. The zero-order valence-electron chi connectivity index (χ0n) is 18.7. The molecule has 1 fully saturated rings. The molecule has 2 aromatic carbocycles. The van der Waals surface area contributed by atoms with Crippen LogP contribution in [-0.4, -0.2) is 49.3 Å². The van der Waals surface area contributed by atoms with E-state index < -0.39 is 0 Å². The van der Waals surface area contributed by atoms with Crippen molar-refractivity contribution in [3.05, 3.63) is 64.7 Å². The number of carbonyl (C=O) groups excluding carboxylic acids is 2. The molecule has 1 atom stereocenters. The van der Waals surface area contributed by atoms with Gasteiger partial charge in [-0.15, -0.1) is 0 Å². The maximum atomic E-state index is 12.6. The fourth-order valence-electron chi connectivity index (χ4n) is 4.67. The molecule has 164 valence electrons. The first kappa shape index (κ1) is 21.6. The quantitative estimate of drug-likeness (QED) is 0.725. The van der Waals surface area contributed by atoms with Crippen molar-refractivity contribution in [1.29, 1.82) is 0 Å². The van der Waals surface area contributed by atoms with Gasteiger partial charge in [0.15, 0.2) is 5.78 Å². The molecule has 1 aliphatic heterocycles. The van der Waals surface area contributed by atoms with Crippen LogP contribution >= 0.6 is 0 Å². The fraction of sp³-hybridized carbons (Fsp3) is 0.462. The Morgan fingerprint density at radius 3 is 2.29 bits per heavy atom. The van der Waals surface area contributed by atoms with E-state index in [0.717, 1.165) is 43.9 Å². The van der Waals surface area contributed by atoms with E-state index >= 15 is 0 Å². The summed E-state index contributed by atoms with van der Waals surface area (Å²) >= 11 is 0. The highest BCUT2D eigenvalue weighted by atomic mass is 16.2. The van der Waals surface area contributed by atoms with Gasteiger partial charge in [-0.3, -0.25) is 14.5 Å². The van der Waals surface area contributed by atoms with Gasteiger partial charge in [-0.25, -0.2) is 0 Å². The van der Waals surface area contributed by atoms with Gasteiger partial charge in [0.25, 0.3) is 0 Å². The van der Waals surface area contributed by atoms with Gasteiger partial charge >= 0.3 is 0 Å². The van der Waals surface area contributed by atoms with Crippen molar-refractivity contribution in [2.75, 3.05) is 37.6 Å². The lowest BCUT2D eigenvalue weighted by atomic mass is 9.89. The standard InChI is InChI=1S/C26H33N3O2/c1-19(23-8-7-22-5-3-4-6-24(22)17-23)27-26(31)18-28-13-15-29(16-14-28)25-11-9-21(10-12-25)20(2)30/h7-12,17,19H,3-6,13-16,18H2,1-2H3,(H,27,31)/t19-/m1/s1. The van der Waals surface area contributed by atoms with Crippen molar-refractivity contribution in [3.63, 3.8) is 0 Å².